The minimum Gasteiger partial charge on any atom is -0.481 e. The van der Waals surface area contributed by atoms with Gasteiger partial charge in [-0.2, -0.15) is 0 Å². The molecule has 1 rings (SSSR count). The number of hydrogen-bond donors (Lipinski definition) is 2. The topological polar surface area (TPSA) is 66.4 Å². The van der Waals surface area contributed by atoms with Gasteiger partial charge >= 0.3 is 5.97 Å². The lowest BCUT2D eigenvalue weighted by Gasteiger charge is -2.07. The summed E-state index contributed by atoms with van der Waals surface area (Å²) in [6.45, 7) is 4.24. The average Bonchev–Trinajstić information content (AvgIpc) is 2.42. The van der Waals surface area contributed by atoms with Crippen LogP contribution in [0.25, 0.3) is 0 Å². The Morgan fingerprint density at radius 2 is 1.95 bits per heavy atom. The molecule has 1 aromatic rings. The number of aryl methyl sites for hydroxylation is 1. The van der Waals surface area contributed by atoms with Crippen LogP contribution in [0.15, 0.2) is 29.2 Å². The van der Waals surface area contributed by atoms with Gasteiger partial charge in [0.05, 0.1) is 11.7 Å². The Balaban J connectivity index is 2.14. The van der Waals surface area contributed by atoms with E-state index >= 15 is 0 Å². The first-order valence-electron chi connectivity index (χ1n) is 6.68. The smallest absolute Gasteiger partial charge is 0.306 e. The van der Waals surface area contributed by atoms with E-state index in [1.165, 1.54) is 17.3 Å². The molecule has 20 heavy (non-hydrogen) atoms. The predicted molar refractivity (Wildman–Crippen MR) is 80.9 cm³/mol. The summed E-state index contributed by atoms with van der Waals surface area (Å²) >= 11 is 1.50. The highest BCUT2D eigenvalue weighted by atomic mass is 32.2. The lowest BCUT2D eigenvalue weighted by Crippen LogP contribution is -2.26. The van der Waals surface area contributed by atoms with E-state index in [9.17, 15) is 9.59 Å². The van der Waals surface area contributed by atoms with E-state index in [1.54, 1.807) is 6.92 Å². The molecule has 0 saturated carbocycles. The highest BCUT2D eigenvalue weighted by molar-refractivity contribution is 8.00. The van der Waals surface area contributed by atoms with Crippen molar-refractivity contribution in [3.05, 3.63) is 29.8 Å². The zero-order valence-electron chi connectivity index (χ0n) is 11.9. The molecule has 0 aliphatic rings. The van der Waals surface area contributed by atoms with Crippen molar-refractivity contribution in [2.24, 2.45) is 5.92 Å². The fraction of sp³-hybridized carbons (Fsp3) is 0.467. The van der Waals surface area contributed by atoms with Gasteiger partial charge < -0.3 is 10.4 Å². The molecular weight excluding hydrogens is 274 g/mol. The van der Waals surface area contributed by atoms with Crippen LogP contribution < -0.4 is 5.32 Å². The fourth-order valence-electron chi connectivity index (χ4n) is 1.59. The SMILES string of the molecule is Cc1ccc(SCC(=O)NCCCC(C)C(=O)O)cc1. The number of thioether (sulfide) groups is 1. The third kappa shape index (κ3) is 6.61. The molecule has 2 N–H and O–H groups in total. The molecule has 0 aromatic heterocycles. The van der Waals surface area contributed by atoms with Gasteiger partial charge in [0.2, 0.25) is 5.91 Å². The van der Waals surface area contributed by atoms with Gasteiger partial charge in [0.15, 0.2) is 0 Å². The molecule has 110 valence electrons. The van der Waals surface area contributed by atoms with E-state index in [0.717, 1.165) is 4.90 Å². The number of aliphatic carboxylic acids is 1. The number of benzene rings is 1. The summed E-state index contributed by atoms with van der Waals surface area (Å²) in [7, 11) is 0. The zero-order chi connectivity index (χ0) is 15.0. The average molecular weight is 295 g/mol. The first-order valence-corrected chi connectivity index (χ1v) is 7.66. The van der Waals surface area contributed by atoms with Gasteiger partial charge in [0.1, 0.15) is 0 Å². The second kappa shape index (κ2) is 8.64. The number of carboxylic acids is 1. The summed E-state index contributed by atoms with van der Waals surface area (Å²) in [6, 6.07) is 8.05. The van der Waals surface area contributed by atoms with Gasteiger partial charge in [0.25, 0.3) is 0 Å². The van der Waals surface area contributed by atoms with Gasteiger partial charge in [-0.1, -0.05) is 24.6 Å². The Hall–Kier alpha value is -1.49. The van der Waals surface area contributed by atoms with E-state index in [2.05, 4.69) is 5.32 Å². The largest absolute Gasteiger partial charge is 0.481 e. The minimum absolute atomic E-state index is 0.0152. The van der Waals surface area contributed by atoms with E-state index < -0.39 is 5.97 Å². The van der Waals surface area contributed by atoms with Gasteiger partial charge in [-0.05, 0) is 31.9 Å². The summed E-state index contributed by atoms with van der Waals surface area (Å²) in [5.74, 6) is -0.768. The van der Waals surface area contributed by atoms with Crippen LogP contribution in [-0.2, 0) is 9.59 Å². The van der Waals surface area contributed by atoms with Crippen molar-refractivity contribution in [3.8, 4) is 0 Å². The zero-order valence-corrected chi connectivity index (χ0v) is 12.7. The number of rotatable bonds is 8. The van der Waals surface area contributed by atoms with Crippen LogP contribution in [0.3, 0.4) is 0 Å². The van der Waals surface area contributed by atoms with Crippen LogP contribution in [0, 0.1) is 12.8 Å². The molecule has 0 aliphatic carbocycles. The monoisotopic (exact) mass is 295 g/mol. The lowest BCUT2D eigenvalue weighted by molar-refractivity contribution is -0.141. The molecule has 0 radical (unpaired) electrons. The molecule has 1 atom stereocenters. The summed E-state index contributed by atoms with van der Waals surface area (Å²) in [5.41, 5.74) is 1.20. The Morgan fingerprint density at radius 1 is 1.30 bits per heavy atom. The molecule has 0 aliphatic heterocycles. The van der Waals surface area contributed by atoms with Crippen molar-refractivity contribution < 1.29 is 14.7 Å². The van der Waals surface area contributed by atoms with E-state index in [0.29, 0.717) is 25.1 Å². The summed E-state index contributed by atoms with van der Waals surface area (Å²) < 4.78 is 0. The number of amides is 1. The van der Waals surface area contributed by atoms with Crippen LogP contribution in [-0.4, -0.2) is 29.3 Å². The predicted octanol–water partition coefficient (Wildman–Crippen LogP) is 2.70. The van der Waals surface area contributed by atoms with Crippen molar-refractivity contribution in [2.45, 2.75) is 31.6 Å². The number of carbonyl (C=O) groups is 2. The van der Waals surface area contributed by atoms with Crippen LogP contribution in [0.2, 0.25) is 0 Å². The first kappa shape index (κ1) is 16.6. The van der Waals surface area contributed by atoms with Crippen molar-refractivity contribution in [2.75, 3.05) is 12.3 Å². The van der Waals surface area contributed by atoms with Gasteiger partial charge in [0, 0.05) is 11.4 Å². The molecule has 5 heteroatoms. The van der Waals surface area contributed by atoms with Crippen LogP contribution in [0.1, 0.15) is 25.3 Å². The second-order valence-corrected chi connectivity index (χ2v) is 5.88. The maximum Gasteiger partial charge on any atom is 0.306 e. The highest BCUT2D eigenvalue weighted by Crippen LogP contribution is 2.17. The standard InChI is InChI=1S/C15H21NO3S/c1-11-5-7-13(8-6-11)20-10-14(17)16-9-3-4-12(2)15(18)19/h5-8,12H,3-4,9-10H2,1-2H3,(H,16,17)(H,18,19). The Kier molecular flexibility index (Phi) is 7.15. The molecule has 0 bridgehead atoms. The van der Waals surface area contributed by atoms with Crippen LogP contribution in [0.4, 0.5) is 0 Å². The highest BCUT2D eigenvalue weighted by Gasteiger charge is 2.10. The van der Waals surface area contributed by atoms with Crippen LogP contribution in [0.5, 0.6) is 0 Å². The molecule has 0 heterocycles. The number of hydrogen-bond acceptors (Lipinski definition) is 3. The molecule has 0 fully saturated rings. The van der Waals surface area contributed by atoms with E-state index in [4.69, 9.17) is 5.11 Å². The quantitative estimate of drug-likeness (QED) is 0.571. The van der Waals surface area contributed by atoms with E-state index in [-0.39, 0.29) is 11.8 Å². The molecular formula is C15H21NO3S. The number of carbonyl (C=O) groups excluding carboxylic acids is 1. The van der Waals surface area contributed by atoms with Crippen molar-refractivity contribution >= 4 is 23.6 Å². The summed E-state index contributed by atoms with van der Waals surface area (Å²) in [4.78, 5) is 23.3. The number of nitrogens with one attached hydrogen (secondary N) is 1. The molecule has 1 unspecified atom stereocenters. The molecule has 0 saturated heterocycles. The fourth-order valence-corrected chi connectivity index (χ4v) is 2.32. The Morgan fingerprint density at radius 3 is 2.55 bits per heavy atom. The van der Waals surface area contributed by atoms with Crippen LogP contribution >= 0.6 is 11.8 Å². The van der Waals surface area contributed by atoms with Crippen molar-refractivity contribution in [1.29, 1.82) is 0 Å². The summed E-state index contributed by atoms with van der Waals surface area (Å²) in [5, 5.41) is 11.5. The van der Waals surface area contributed by atoms with E-state index in [1.807, 2.05) is 31.2 Å². The maximum atomic E-state index is 11.6. The minimum atomic E-state index is -0.786. The third-order valence-corrected chi connectivity index (χ3v) is 3.96. The van der Waals surface area contributed by atoms with Gasteiger partial charge in [-0.3, -0.25) is 9.59 Å². The molecule has 0 spiro atoms. The van der Waals surface area contributed by atoms with Crippen molar-refractivity contribution in [3.63, 3.8) is 0 Å². The normalized spacial score (nSPS) is 11.9. The first-order chi connectivity index (χ1) is 9.49. The molecule has 1 aromatic carbocycles. The Labute approximate surface area is 124 Å². The molecule has 1 amide bonds. The second-order valence-electron chi connectivity index (χ2n) is 4.83. The van der Waals surface area contributed by atoms with Crippen molar-refractivity contribution in [1.82, 2.24) is 5.32 Å². The lowest BCUT2D eigenvalue weighted by atomic mass is 10.1. The summed E-state index contributed by atoms with van der Waals surface area (Å²) in [6.07, 6.45) is 1.27. The Bertz CT molecular complexity index is 445. The molecule has 4 nitrogen and oxygen atoms in total. The van der Waals surface area contributed by atoms with Gasteiger partial charge in [-0.25, -0.2) is 0 Å². The number of carboxylic acid groups (broad SMARTS) is 1. The maximum absolute atomic E-state index is 11.6. The van der Waals surface area contributed by atoms with Gasteiger partial charge in [-0.15, -0.1) is 11.8 Å². The third-order valence-electron chi connectivity index (χ3n) is 2.95.